The Morgan fingerprint density at radius 2 is 0.487 bits per heavy atom. The normalized spacial score (nSPS) is 12.7. The quantitative estimate of drug-likeness (QED) is 0.0261. The average molecular weight is 1110 g/mol. The van der Waals surface area contributed by atoms with Crippen LogP contribution in [0.15, 0.2) is 97.2 Å². The fourth-order valence-corrected chi connectivity index (χ4v) is 9.71. The number of unbranched alkanes of at least 4 members (excludes halogenated alkanes) is 35. The third kappa shape index (κ3) is 65.1. The summed E-state index contributed by atoms with van der Waals surface area (Å²) in [5.74, 6) is -0.889. The van der Waals surface area contributed by atoms with E-state index in [1.54, 1.807) is 0 Å². The first-order chi connectivity index (χ1) is 39.5. The van der Waals surface area contributed by atoms with Crippen LogP contribution in [0.1, 0.15) is 335 Å². The van der Waals surface area contributed by atoms with Crippen LogP contribution < -0.4 is 0 Å². The van der Waals surface area contributed by atoms with E-state index in [2.05, 4.69) is 118 Å². The Bertz CT molecular complexity index is 1560. The van der Waals surface area contributed by atoms with Crippen molar-refractivity contribution >= 4 is 17.9 Å². The van der Waals surface area contributed by atoms with E-state index < -0.39 is 6.10 Å². The molecule has 1 unspecified atom stereocenters. The molecule has 0 radical (unpaired) electrons. The molecule has 0 heterocycles. The lowest BCUT2D eigenvalue weighted by Crippen LogP contribution is -2.30. The summed E-state index contributed by atoms with van der Waals surface area (Å²) in [6.45, 7) is 6.53. The zero-order chi connectivity index (χ0) is 57.8. The van der Waals surface area contributed by atoms with Crippen LogP contribution in [0.5, 0.6) is 0 Å². The molecule has 0 saturated carbocycles. The highest BCUT2D eigenvalue weighted by molar-refractivity contribution is 5.71. The molecule has 0 aliphatic carbocycles. The van der Waals surface area contributed by atoms with Gasteiger partial charge in [0.05, 0.1) is 0 Å². The van der Waals surface area contributed by atoms with E-state index in [9.17, 15) is 14.4 Å². The van der Waals surface area contributed by atoms with Crippen molar-refractivity contribution in [1.29, 1.82) is 0 Å². The highest BCUT2D eigenvalue weighted by Gasteiger charge is 2.19. The molecule has 0 aliphatic rings. The minimum atomic E-state index is -0.788. The first kappa shape index (κ1) is 76.3. The SMILES string of the molecule is CC/C=C\C/C=C\C/C=C\C/C=C\C/C=C\C/C=C\CCCCCCCCC(=O)OCC(COC(=O)CCCCCCCCC/C=C\C/C=C\CCCCC)OC(=O)CCCCCCCCCCCCCCCCCCCCCC. The maximum absolute atomic E-state index is 13.0. The van der Waals surface area contributed by atoms with Gasteiger partial charge in [-0.05, 0) is 103 Å². The molecule has 0 rings (SSSR count). The van der Waals surface area contributed by atoms with E-state index in [1.807, 2.05) is 0 Å². The van der Waals surface area contributed by atoms with Crippen LogP contribution in [0.3, 0.4) is 0 Å². The van der Waals surface area contributed by atoms with Gasteiger partial charge in [-0.15, -0.1) is 0 Å². The minimum Gasteiger partial charge on any atom is -0.462 e. The van der Waals surface area contributed by atoms with Gasteiger partial charge in [-0.3, -0.25) is 14.4 Å². The summed E-state index contributed by atoms with van der Waals surface area (Å²) in [5.41, 5.74) is 0. The molecule has 80 heavy (non-hydrogen) atoms. The van der Waals surface area contributed by atoms with E-state index >= 15 is 0 Å². The molecule has 0 fully saturated rings. The summed E-state index contributed by atoms with van der Waals surface area (Å²) in [5, 5.41) is 0. The number of ether oxygens (including phenoxy) is 3. The number of esters is 3. The van der Waals surface area contributed by atoms with Crippen molar-refractivity contribution < 1.29 is 28.6 Å². The smallest absolute Gasteiger partial charge is 0.306 e. The fourth-order valence-electron chi connectivity index (χ4n) is 9.71. The average Bonchev–Trinajstić information content (AvgIpc) is 3.46. The summed E-state index contributed by atoms with van der Waals surface area (Å²) in [7, 11) is 0. The van der Waals surface area contributed by atoms with Crippen LogP contribution in [0, 0.1) is 0 Å². The Morgan fingerprint density at radius 3 is 0.787 bits per heavy atom. The zero-order valence-electron chi connectivity index (χ0n) is 52.8. The van der Waals surface area contributed by atoms with Crippen LogP contribution in [0.25, 0.3) is 0 Å². The summed E-state index contributed by atoms with van der Waals surface area (Å²) >= 11 is 0. The standard InChI is InChI=1S/C74H128O6/c1-4-7-10-13-16-19-22-25-28-31-33-35-36-37-38-39-41-43-46-49-52-55-58-61-64-67-73(76)79-70-71(69-78-72(75)66-63-60-57-54-51-48-45-42-30-27-24-21-18-15-12-9-6-3)80-74(77)68-65-62-59-56-53-50-47-44-40-34-32-29-26-23-20-17-14-11-8-5-2/h7,10,16,18-19,21,25,27-28,30,33,35,37-38,41,43,71H,4-6,8-9,11-15,17,20,22-24,26,29,31-32,34,36,39-40,42,44-70H2,1-3H3/b10-7-,19-16-,21-18-,28-25-,30-27-,35-33-,38-37-,43-41-. The Kier molecular flexibility index (Phi) is 64.7. The van der Waals surface area contributed by atoms with Gasteiger partial charge in [0.2, 0.25) is 0 Å². The first-order valence-electron chi connectivity index (χ1n) is 34.2. The fraction of sp³-hybridized carbons (Fsp3) is 0.743. The molecule has 0 amide bonds. The van der Waals surface area contributed by atoms with Crippen molar-refractivity contribution in [2.75, 3.05) is 13.2 Å². The number of hydrogen-bond acceptors (Lipinski definition) is 6. The third-order valence-corrected chi connectivity index (χ3v) is 14.8. The molecule has 0 saturated heterocycles. The second-order valence-electron chi connectivity index (χ2n) is 22.7. The Hall–Kier alpha value is -3.67. The lowest BCUT2D eigenvalue weighted by atomic mass is 10.0. The Labute approximate surface area is 496 Å². The van der Waals surface area contributed by atoms with Crippen molar-refractivity contribution in [1.82, 2.24) is 0 Å². The summed E-state index contributed by atoms with van der Waals surface area (Å²) in [4.78, 5) is 38.4. The largest absolute Gasteiger partial charge is 0.462 e. The lowest BCUT2D eigenvalue weighted by molar-refractivity contribution is -0.167. The predicted octanol–water partition coefficient (Wildman–Crippen LogP) is 23.6. The molecule has 0 bridgehead atoms. The highest BCUT2D eigenvalue weighted by atomic mass is 16.6. The van der Waals surface area contributed by atoms with Crippen LogP contribution in [0.2, 0.25) is 0 Å². The number of allylic oxidation sites excluding steroid dienone is 16. The molecule has 6 heteroatoms. The van der Waals surface area contributed by atoms with Gasteiger partial charge in [0.15, 0.2) is 6.10 Å². The van der Waals surface area contributed by atoms with Gasteiger partial charge in [0, 0.05) is 19.3 Å². The van der Waals surface area contributed by atoms with Gasteiger partial charge in [-0.1, -0.05) is 311 Å². The second kappa shape index (κ2) is 67.8. The Morgan fingerprint density at radius 1 is 0.263 bits per heavy atom. The molecule has 0 aromatic heterocycles. The predicted molar refractivity (Wildman–Crippen MR) is 348 cm³/mol. The maximum atomic E-state index is 13.0. The number of carbonyl (C=O) groups excluding carboxylic acids is 3. The van der Waals surface area contributed by atoms with Gasteiger partial charge in [0.1, 0.15) is 13.2 Å². The topological polar surface area (TPSA) is 78.9 Å². The van der Waals surface area contributed by atoms with Crippen molar-refractivity contribution in [3.8, 4) is 0 Å². The molecule has 6 nitrogen and oxygen atoms in total. The zero-order valence-corrected chi connectivity index (χ0v) is 52.8. The third-order valence-electron chi connectivity index (χ3n) is 14.8. The summed E-state index contributed by atoms with van der Waals surface area (Å²) < 4.78 is 17.0. The van der Waals surface area contributed by atoms with E-state index in [4.69, 9.17) is 14.2 Å². The molecule has 460 valence electrons. The molecular weight excluding hydrogens is 985 g/mol. The Balaban J connectivity index is 4.39. The van der Waals surface area contributed by atoms with E-state index in [1.165, 1.54) is 173 Å². The summed E-state index contributed by atoms with van der Waals surface area (Å²) in [6, 6.07) is 0. The van der Waals surface area contributed by atoms with Crippen molar-refractivity contribution in [2.24, 2.45) is 0 Å². The molecule has 0 aliphatic heterocycles. The van der Waals surface area contributed by atoms with Gasteiger partial charge in [-0.2, -0.15) is 0 Å². The molecule has 0 aromatic rings. The first-order valence-corrected chi connectivity index (χ1v) is 34.2. The van der Waals surface area contributed by atoms with Crippen molar-refractivity contribution in [2.45, 2.75) is 341 Å². The van der Waals surface area contributed by atoms with Crippen LogP contribution in [-0.2, 0) is 28.6 Å². The van der Waals surface area contributed by atoms with Crippen LogP contribution >= 0.6 is 0 Å². The van der Waals surface area contributed by atoms with Gasteiger partial charge >= 0.3 is 17.9 Å². The minimum absolute atomic E-state index is 0.0840. The molecule has 0 aromatic carbocycles. The van der Waals surface area contributed by atoms with Crippen molar-refractivity contribution in [3.63, 3.8) is 0 Å². The summed E-state index contributed by atoms with van der Waals surface area (Å²) in [6.07, 6.45) is 91.3. The van der Waals surface area contributed by atoms with Gasteiger partial charge in [0.25, 0.3) is 0 Å². The van der Waals surface area contributed by atoms with Gasteiger partial charge < -0.3 is 14.2 Å². The number of carbonyl (C=O) groups is 3. The van der Waals surface area contributed by atoms with E-state index in [-0.39, 0.29) is 31.1 Å². The molecular formula is C74H128O6. The van der Waals surface area contributed by atoms with Crippen LogP contribution in [-0.4, -0.2) is 37.2 Å². The number of rotatable bonds is 62. The second-order valence-corrected chi connectivity index (χ2v) is 22.7. The molecule has 0 spiro atoms. The molecule has 1 atom stereocenters. The maximum Gasteiger partial charge on any atom is 0.306 e. The lowest BCUT2D eigenvalue weighted by Gasteiger charge is -2.18. The van der Waals surface area contributed by atoms with E-state index in [0.29, 0.717) is 19.3 Å². The molecule has 0 N–H and O–H groups in total. The number of hydrogen-bond donors (Lipinski definition) is 0. The van der Waals surface area contributed by atoms with Crippen LogP contribution in [0.4, 0.5) is 0 Å². The van der Waals surface area contributed by atoms with E-state index in [0.717, 1.165) is 122 Å². The highest BCUT2D eigenvalue weighted by Crippen LogP contribution is 2.17. The monoisotopic (exact) mass is 1110 g/mol. The van der Waals surface area contributed by atoms with Gasteiger partial charge in [-0.25, -0.2) is 0 Å². The van der Waals surface area contributed by atoms with Crippen molar-refractivity contribution in [3.05, 3.63) is 97.2 Å².